The van der Waals surface area contributed by atoms with E-state index >= 15 is 0 Å². The van der Waals surface area contributed by atoms with Crippen molar-refractivity contribution in [3.63, 3.8) is 0 Å². The maximum atomic E-state index is 13.2. The molecule has 2 fully saturated rings. The van der Waals surface area contributed by atoms with Crippen LogP contribution < -0.4 is 9.62 Å². The molecule has 172 valence electrons. The summed E-state index contributed by atoms with van der Waals surface area (Å²) in [5.74, 6) is 0.554. The number of carbonyl (C=O) groups excluding carboxylic acids is 1. The fourth-order valence-electron chi connectivity index (χ4n) is 4.69. The van der Waals surface area contributed by atoms with Crippen molar-refractivity contribution in [3.8, 4) is 0 Å². The lowest BCUT2D eigenvalue weighted by atomic mass is 9.97. The van der Waals surface area contributed by atoms with Gasteiger partial charge in [0.1, 0.15) is 0 Å². The number of aromatic nitrogens is 1. The third kappa shape index (κ3) is 4.53. The minimum atomic E-state index is -3.71. The van der Waals surface area contributed by atoms with Crippen LogP contribution in [-0.2, 0) is 14.8 Å². The highest BCUT2D eigenvalue weighted by atomic mass is 32.2. The largest absolute Gasteiger partial charge is 0.311 e. The maximum absolute atomic E-state index is 13.2. The van der Waals surface area contributed by atoms with E-state index in [2.05, 4.69) is 45.8 Å². The first kappa shape index (κ1) is 22.1. The third-order valence-corrected chi connectivity index (χ3v) is 8.67. The number of carbonyl (C=O) groups is 1. The predicted octanol–water partition coefficient (Wildman–Crippen LogP) is 3.85. The van der Waals surface area contributed by atoms with E-state index in [1.165, 1.54) is 34.6 Å². The van der Waals surface area contributed by atoms with Crippen molar-refractivity contribution in [2.75, 3.05) is 29.3 Å². The second-order valence-corrected chi connectivity index (χ2v) is 11.2. The van der Waals surface area contributed by atoms with E-state index < -0.39 is 10.0 Å². The van der Waals surface area contributed by atoms with Gasteiger partial charge in [0.15, 0.2) is 5.13 Å². The minimum absolute atomic E-state index is 0.0936. The Morgan fingerprint density at radius 3 is 2.48 bits per heavy atom. The normalized spacial score (nSPS) is 21.6. The molecule has 2 atom stereocenters. The fraction of sp³-hybridized carbons (Fsp3) is 0.333. The van der Waals surface area contributed by atoms with Crippen LogP contribution in [0.1, 0.15) is 29.9 Å². The van der Waals surface area contributed by atoms with Crippen LogP contribution in [0.3, 0.4) is 0 Å². The number of benzene rings is 2. The first-order chi connectivity index (χ1) is 15.9. The first-order valence-electron chi connectivity index (χ1n) is 11.0. The lowest BCUT2D eigenvalue weighted by molar-refractivity contribution is -0.121. The molecule has 0 aliphatic carbocycles. The lowest BCUT2D eigenvalue weighted by Gasteiger charge is -2.23. The number of rotatable bonds is 6. The number of thiazole rings is 1. The van der Waals surface area contributed by atoms with E-state index in [1.54, 1.807) is 28.6 Å². The van der Waals surface area contributed by atoms with Gasteiger partial charge in [-0.2, -0.15) is 0 Å². The quantitative estimate of drug-likeness (QED) is 0.577. The molecule has 33 heavy (non-hydrogen) atoms. The molecule has 0 saturated carbocycles. The highest BCUT2D eigenvalue weighted by molar-refractivity contribution is 7.93. The van der Waals surface area contributed by atoms with E-state index in [0.717, 1.165) is 31.6 Å². The molecule has 0 radical (unpaired) electrons. The molecule has 1 N–H and O–H groups in total. The maximum Gasteiger partial charge on any atom is 0.263 e. The summed E-state index contributed by atoms with van der Waals surface area (Å²) in [6, 6.07) is 15.1. The molecule has 1 amide bonds. The van der Waals surface area contributed by atoms with E-state index in [1.807, 2.05) is 0 Å². The van der Waals surface area contributed by atoms with E-state index in [4.69, 9.17) is 0 Å². The van der Waals surface area contributed by atoms with Crippen LogP contribution in [0.5, 0.6) is 0 Å². The molecule has 2 saturated heterocycles. The van der Waals surface area contributed by atoms with Gasteiger partial charge < -0.3 is 4.90 Å². The van der Waals surface area contributed by atoms with Crippen molar-refractivity contribution in [2.45, 2.75) is 36.6 Å². The molecule has 2 aromatic carbocycles. The van der Waals surface area contributed by atoms with Gasteiger partial charge in [0.05, 0.1) is 10.9 Å². The third-order valence-electron chi connectivity index (χ3n) is 6.50. The average molecular weight is 483 g/mol. The predicted molar refractivity (Wildman–Crippen MR) is 130 cm³/mol. The molecule has 1 aromatic heterocycles. The summed E-state index contributed by atoms with van der Waals surface area (Å²) in [6.45, 7) is 4.55. The number of amides is 1. The van der Waals surface area contributed by atoms with Crippen molar-refractivity contribution >= 4 is 38.1 Å². The molecule has 3 heterocycles. The van der Waals surface area contributed by atoms with Crippen molar-refractivity contribution < 1.29 is 13.2 Å². The molecule has 0 bridgehead atoms. The van der Waals surface area contributed by atoms with Crippen LogP contribution in [0, 0.1) is 6.92 Å². The van der Waals surface area contributed by atoms with Gasteiger partial charge in [0.2, 0.25) is 5.91 Å². The zero-order valence-corrected chi connectivity index (χ0v) is 20.0. The smallest absolute Gasteiger partial charge is 0.263 e. The average Bonchev–Trinajstić information content (AvgIpc) is 3.56. The summed E-state index contributed by atoms with van der Waals surface area (Å²) in [6.07, 6.45) is 3.39. The summed E-state index contributed by atoms with van der Waals surface area (Å²) in [7, 11) is -3.71. The Morgan fingerprint density at radius 2 is 1.79 bits per heavy atom. The second kappa shape index (κ2) is 8.89. The first-order valence-corrected chi connectivity index (χ1v) is 13.4. The monoisotopic (exact) mass is 482 g/mol. The number of anilines is 2. The van der Waals surface area contributed by atoms with E-state index in [9.17, 15) is 13.2 Å². The lowest BCUT2D eigenvalue weighted by Crippen LogP contribution is -2.40. The molecular formula is C24H26N4O3S2. The van der Waals surface area contributed by atoms with Gasteiger partial charge in [-0.1, -0.05) is 29.8 Å². The Balaban J connectivity index is 1.24. The fourth-order valence-corrected chi connectivity index (χ4v) is 6.48. The standard InChI is InChI=1S/C24H26N4O3S2/c1-17-2-4-18(5-3-17)19-10-13-27(16-19)22-11-14-28(23(22)29)20-6-8-21(9-7-20)33(30,31)26-24-25-12-15-32-24/h2-9,12,15,19,22H,10-11,13-14,16H2,1H3,(H,25,26)/t19?,22-/m0/s1. The summed E-state index contributed by atoms with van der Waals surface area (Å²) in [5, 5.41) is 2.03. The number of sulfonamides is 1. The molecule has 5 rings (SSSR count). The van der Waals surface area contributed by atoms with Crippen LogP contribution in [0.25, 0.3) is 0 Å². The molecule has 2 aliphatic rings. The van der Waals surface area contributed by atoms with Crippen LogP contribution in [0.4, 0.5) is 10.8 Å². The summed E-state index contributed by atoms with van der Waals surface area (Å²) < 4.78 is 27.6. The van der Waals surface area contributed by atoms with Crippen LogP contribution in [0.2, 0.25) is 0 Å². The van der Waals surface area contributed by atoms with Crippen molar-refractivity contribution in [2.24, 2.45) is 0 Å². The Hall–Kier alpha value is -2.75. The summed E-state index contributed by atoms with van der Waals surface area (Å²) in [5.41, 5.74) is 3.33. The molecule has 7 nitrogen and oxygen atoms in total. The topological polar surface area (TPSA) is 82.6 Å². The Bertz CT molecular complexity index is 1230. The number of aryl methyl sites for hydroxylation is 1. The van der Waals surface area contributed by atoms with Crippen molar-refractivity contribution in [1.29, 1.82) is 0 Å². The molecule has 0 spiro atoms. The highest BCUT2D eigenvalue weighted by Crippen LogP contribution is 2.33. The van der Waals surface area contributed by atoms with Gasteiger partial charge in [-0.05, 0) is 62.1 Å². The van der Waals surface area contributed by atoms with E-state index in [0.29, 0.717) is 17.6 Å². The Kier molecular flexibility index (Phi) is 5.94. The van der Waals surface area contributed by atoms with Gasteiger partial charge in [-0.15, -0.1) is 11.3 Å². The van der Waals surface area contributed by atoms with Gasteiger partial charge in [0.25, 0.3) is 10.0 Å². The molecular weight excluding hydrogens is 456 g/mol. The van der Waals surface area contributed by atoms with Crippen LogP contribution in [-0.4, -0.2) is 49.9 Å². The Labute approximate surface area is 198 Å². The van der Waals surface area contributed by atoms with Crippen molar-refractivity contribution in [1.82, 2.24) is 9.88 Å². The second-order valence-electron chi connectivity index (χ2n) is 8.62. The van der Waals surface area contributed by atoms with Crippen LogP contribution in [0.15, 0.2) is 65.0 Å². The molecule has 1 unspecified atom stereocenters. The van der Waals surface area contributed by atoms with Crippen LogP contribution >= 0.6 is 11.3 Å². The molecule has 9 heteroatoms. The number of hydrogen-bond acceptors (Lipinski definition) is 6. The minimum Gasteiger partial charge on any atom is -0.311 e. The van der Waals surface area contributed by atoms with Gasteiger partial charge in [-0.25, -0.2) is 13.4 Å². The summed E-state index contributed by atoms with van der Waals surface area (Å²) >= 11 is 1.22. The highest BCUT2D eigenvalue weighted by Gasteiger charge is 2.39. The SMILES string of the molecule is Cc1ccc(C2CCN([C@H]3CCN(c4ccc(S(=O)(=O)Nc5nccs5)cc4)C3=O)C2)cc1. The number of nitrogens with zero attached hydrogens (tertiary/aromatic N) is 3. The van der Waals surface area contributed by atoms with E-state index in [-0.39, 0.29) is 16.8 Å². The Morgan fingerprint density at radius 1 is 1.03 bits per heavy atom. The zero-order chi connectivity index (χ0) is 23.0. The number of likely N-dealkylation sites (tertiary alicyclic amines) is 1. The zero-order valence-electron chi connectivity index (χ0n) is 18.3. The molecule has 2 aliphatic heterocycles. The summed E-state index contributed by atoms with van der Waals surface area (Å²) in [4.78, 5) is 21.4. The van der Waals surface area contributed by atoms with Gasteiger partial charge in [0, 0.05) is 30.4 Å². The van der Waals surface area contributed by atoms with Gasteiger partial charge >= 0.3 is 0 Å². The number of nitrogens with one attached hydrogen (secondary N) is 1. The molecule has 3 aromatic rings. The number of hydrogen-bond donors (Lipinski definition) is 1. The van der Waals surface area contributed by atoms with Crippen molar-refractivity contribution in [3.05, 3.63) is 71.2 Å². The van der Waals surface area contributed by atoms with Gasteiger partial charge in [-0.3, -0.25) is 14.4 Å².